The average molecular weight is 185 g/mol. The largest absolute Gasteiger partial charge is 0.391 e. The first-order chi connectivity index (χ1) is 5.82. The molecule has 0 heterocycles. The molecule has 0 spiro atoms. The van der Waals surface area contributed by atoms with Crippen LogP contribution in [0.5, 0.6) is 0 Å². The second kappa shape index (κ2) is 4.77. The molecule has 2 nitrogen and oxygen atoms in total. The van der Waals surface area contributed by atoms with Crippen molar-refractivity contribution >= 4 is 0 Å². The SMILES string of the molecule is C=C(CC)CC(O)C(C)(C)N(C)C. The Labute approximate surface area is 82.3 Å². The van der Waals surface area contributed by atoms with Crippen LogP contribution in [-0.2, 0) is 0 Å². The van der Waals surface area contributed by atoms with Crippen LogP contribution in [0.2, 0.25) is 0 Å². The molecule has 1 N–H and O–H groups in total. The number of rotatable bonds is 5. The summed E-state index contributed by atoms with van der Waals surface area (Å²) >= 11 is 0. The van der Waals surface area contributed by atoms with Gasteiger partial charge in [0.1, 0.15) is 0 Å². The molecule has 0 aromatic heterocycles. The van der Waals surface area contributed by atoms with E-state index in [1.165, 1.54) is 0 Å². The number of hydrogen-bond donors (Lipinski definition) is 1. The van der Waals surface area contributed by atoms with Crippen LogP contribution in [0.25, 0.3) is 0 Å². The van der Waals surface area contributed by atoms with Crippen molar-refractivity contribution < 1.29 is 5.11 Å². The summed E-state index contributed by atoms with van der Waals surface area (Å²) in [6.45, 7) is 10.1. The molecule has 0 aliphatic carbocycles. The highest BCUT2D eigenvalue weighted by Crippen LogP contribution is 2.21. The van der Waals surface area contributed by atoms with Gasteiger partial charge in [-0.3, -0.25) is 0 Å². The number of likely N-dealkylation sites (N-methyl/N-ethyl adjacent to an activating group) is 1. The molecule has 0 rings (SSSR count). The summed E-state index contributed by atoms with van der Waals surface area (Å²) in [4.78, 5) is 2.04. The summed E-state index contributed by atoms with van der Waals surface area (Å²) in [7, 11) is 3.97. The Balaban J connectivity index is 4.24. The molecule has 2 heteroatoms. The molecule has 0 bridgehead atoms. The van der Waals surface area contributed by atoms with Gasteiger partial charge in [-0.05, 0) is 40.8 Å². The zero-order valence-electron chi connectivity index (χ0n) is 9.59. The van der Waals surface area contributed by atoms with Gasteiger partial charge < -0.3 is 10.0 Å². The third kappa shape index (κ3) is 3.49. The molecule has 0 saturated carbocycles. The van der Waals surface area contributed by atoms with Gasteiger partial charge in [-0.1, -0.05) is 19.1 Å². The highest BCUT2D eigenvalue weighted by Gasteiger charge is 2.29. The third-order valence-electron chi connectivity index (χ3n) is 2.95. The lowest BCUT2D eigenvalue weighted by Gasteiger charge is -2.37. The highest BCUT2D eigenvalue weighted by molar-refractivity contribution is 5.00. The molecule has 0 amide bonds. The lowest BCUT2D eigenvalue weighted by molar-refractivity contribution is 0.0180. The number of aliphatic hydroxyl groups excluding tert-OH is 1. The van der Waals surface area contributed by atoms with Crippen molar-refractivity contribution in [1.82, 2.24) is 4.90 Å². The summed E-state index contributed by atoms with van der Waals surface area (Å²) < 4.78 is 0. The first kappa shape index (κ1) is 12.7. The zero-order chi connectivity index (χ0) is 10.6. The van der Waals surface area contributed by atoms with Gasteiger partial charge >= 0.3 is 0 Å². The molecule has 0 fully saturated rings. The van der Waals surface area contributed by atoms with Gasteiger partial charge in [0.15, 0.2) is 0 Å². The monoisotopic (exact) mass is 185 g/mol. The van der Waals surface area contributed by atoms with E-state index in [1.54, 1.807) is 0 Å². The second-order valence-corrected chi connectivity index (χ2v) is 4.37. The van der Waals surface area contributed by atoms with Crippen molar-refractivity contribution in [2.75, 3.05) is 14.1 Å². The minimum absolute atomic E-state index is 0.182. The molecule has 0 aliphatic rings. The van der Waals surface area contributed by atoms with Crippen LogP contribution in [0, 0.1) is 0 Å². The molecule has 0 aliphatic heterocycles. The molecule has 78 valence electrons. The maximum atomic E-state index is 9.95. The van der Waals surface area contributed by atoms with E-state index in [2.05, 4.69) is 13.5 Å². The van der Waals surface area contributed by atoms with E-state index in [4.69, 9.17) is 0 Å². The highest BCUT2D eigenvalue weighted by atomic mass is 16.3. The molecule has 0 radical (unpaired) electrons. The van der Waals surface area contributed by atoms with E-state index in [0.717, 1.165) is 12.0 Å². The first-order valence-electron chi connectivity index (χ1n) is 4.84. The number of aliphatic hydroxyl groups is 1. The lowest BCUT2D eigenvalue weighted by atomic mass is 9.90. The predicted molar refractivity (Wildman–Crippen MR) is 57.8 cm³/mol. The van der Waals surface area contributed by atoms with Gasteiger partial charge in [-0.25, -0.2) is 0 Å². The fourth-order valence-electron chi connectivity index (χ4n) is 0.966. The molecule has 13 heavy (non-hydrogen) atoms. The standard InChI is InChI=1S/C11H23NO/c1-7-9(2)8-10(13)11(3,4)12(5)6/h10,13H,2,7-8H2,1,3-6H3. The maximum absolute atomic E-state index is 9.95. The molecular weight excluding hydrogens is 162 g/mol. The zero-order valence-corrected chi connectivity index (χ0v) is 9.59. The van der Waals surface area contributed by atoms with E-state index in [-0.39, 0.29) is 11.6 Å². The fraction of sp³-hybridized carbons (Fsp3) is 0.818. The molecule has 0 aromatic rings. The van der Waals surface area contributed by atoms with Crippen molar-refractivity contribution in [3.63, 3.8) is 0 Å². The van der Waals surface area contributed by atoms with Crippen LogP contribution in [0.4, 0.5) is 0 Å². The van der Waals surface area contributed by atoms with Crippen LogP contribution >= 0.6 is 0 Å². The number of nitrogens with zero attached hydrogens (tertiary/aromatic N) is 1. The number of hydrogen-bond acceptors (Lipinski definition) is 2. The lowest BCUT2D eigenvalue weighted by Crippen LogP contribution is -2.48. The maximum Gasteiger partial charge on any atom is 0.0755 e. The quantitative estimate of drug-likeness (QED) is 0.663. The smallest absolute Gasteiger partial charge is 0.0755 e. The van der Waals surface area contributed by atoms with Crippen LogP contribution in [-0.4, -0.2) is 35.7 Å². The summed E-state index contributed by atoms with van der Waals surface area (Å²) in [6.07, 6.45) is 1.30. The van der Waals surface area contributed by atoms with Gasteiger partial charge in [0.05, 0.1) is 6.10 Å². The Morgan fingerprint density at radius 1 is 1.46 bits per heavy atom. The average Bonchev–Trinajstić information content (AvgIpc) is 2.03. The summed E-state index contributed by atoms with van der Waals surface area (Å²) in [5.41, 5.74) is 0.931. The van der Waals surface area contributed by atoms with Crippen LogP contribution in [0.1, 0.15) is 33.6 Å². The fourth-order valence-corrected chi connectivity index (χ4v) is 0.966. The topological polar surface area (TPSA) is 23.5 Å². The summed E-state index contributed by atoms with van der Waals surface area (Å²) in [6, 6.07) is 0. The molecule has 1 atom stereocenters. The Hall–Kier alpha value is -0.340. The van der Waals surface area contributed by atoms with Crippen molar-refractivity contribution in [3.8, 4) is 0 Å². The van der Waals surface area contributed by atoms with Gasteiger partial charge in [-0.15, -0.1) is 0 Å². The molecule has 0 aromatic carbocycles. The van der Waals surface area contributed by atoms with E-state index >= 15 is 0 Å². The Bertz CT molecular complexity index is 173. The Kier molecular flexibility index (Phi) is 4.65. The van der Waals surface area contributed by atoms with Crippen molar-refractivity contribution in [1.29, 1.82) is 0 Å². The van der Waals surface area contributed by atoms with Crippen molar-refractivity contribution in [2.45, 2.75) is 45.3 Å². The normalized spacial score (nSPS) is 14.7. The molecule has 1 unspecified atom stereocenters. The second-order valence-electron chi connectivity index (χ2n) is 4.37. The third-order valence-corrected chi connectivity index (χ3v) is 2.95. The van der Waals surface area contributed by atoms with E-state index in [9.17, 15) is 5.11 Å². The minimum Gasteiger partial charge on any atom is -0.391 e. The van der Waals surface area contributed by atoms with E-state index in [1.807, 2.05) is 32.8 Å². The Morgan fingerprint density at radius 2 is 1.92 bits per heavy atom. The van der Waals surface area contributed by atoms with Crippen molar-refractivity contribution in [2.24, 2.45) is 0 Å². The summed E-state index contributed by atoms with van der Waals surface area (Å²) in [5.74, 6) is 0. The van der Waals surface area contributed by atoms with Crippen LogP contribution in [0.15, 0.2) is 12.2 Å². The molecular formula is C11H23NO. The van der Waals surface area contributed by atoms with E-state index in [0.29, 0.717) is 6.42 Å². The van der Waals surface area contributed by atoms with Crippen LogP contribution in [0.3, 0.4) is 0 Å². The minimum atomic E-state index is -0.338. The molecule has 0 saturated heterocycles. The van der Waals surface area contributed by atoms with Gasteiger partial charge in [-0.2, -0.15) is 0 Å². The first-order valence-corrected chi connectivity index (χ1v) is 4.84. The van der Waals surface area contributed by atoms with E-state index < -0.39 is 0 Å². The predicted octanol–water partition coefficient (Wildman–Crippen LogP) is 2.04. The van der Waals surface area contributed by atoms with Gasteiger partial charge in [0, 0.05) is 5.54 Å². The van der Waals surface area contributed by atoms with Gasteiger partial charge in [0.25, 0.3) is 0 Å². The summed E-state index contributed by atoms with van der Waals surface area (Å²) in [5, 5.41) is 9.95. The van der Waals surface area contributed by atoms with Gasteiger partial charge in [0.2, 0.25) is 0 Å². The van der Waals surface area contributed by atoms with Crippen LogP contribution < -0.4 is 0 Å². The van der Waals surface area contributed by atoms with Crippen molar-refractivity contribution in [3.05, 3.63) is 12.2 Å². The Morgan fingerprint density at radius 3 is 2.23 bits per heavy atom.